The fourth-order valence-corrected chi connectivity index (χ4v) is 2.45. The van der Waals surface area contributed by atoms with Crippen molar-refractivity contribution < 1.29 is 14.6 Å². The van der Waals surface area contributed by atoms with Crippen molar-refractivity contribution in [3.63, 3.8) is 0 Å². The summed E-state index contributed by atoms with van der Waals surface area (Å²) in [5, 5.41) is 13.6. The fraction of sp³-hybridized carbons (Fsp3) is 0.625. The van der Waals surface area contributed by atoms with Crippen LogP contribution in [0.2, 0.25) is 0 Å². The first kappa shape index (κ1) is 15.1. The Labute approximate surface area is 121 Å². The zero-order chi connectivity index (χ0) is 14.7. The van der Waals surface area contributed by atoms with Crippen molar-refractivity contribution >= 4 is 0 Å². The molecule has 1 aliphatic heterocycles. The number of aliphatic hydroxyl groups excluding tert-OH is 1. The summed E-state index contributed by atoms with van der Waals surface area (Å²) in [6, 6.07) is 4.28. The molecule has 0 bridgehead atoms. The number of hydrogen-bond donors (Lipinski definition) is 2. The topological polar surface area (TPSA) is 50.7 Å². The third kappa shape index (κ3) is 3.44. The number of rotatable bonds is 6. The van der Waals surface area contributed by atoms with Crippen LogP contribution in [0.3, 0.4) is 0 Å². The Kier molecular flexibility index (Phi) is 4.89. The van der Waals surface area contributed by atoms with Gasteiger partial charge in [0, 0.05) is 30.1 Å². The predicted molar refractivity (Wildman–Crippen MR) is 79.5 cm³/mol. The molecule has 2 rings (SSSR count). The lowest BCUT2D eigenvalue weighted by Gasteiger charge is -2.19. The van der Waals surface area contributed by atoms with Gasteiger partial charge in [-0.1, -0.05) is 13.8 Å². The van der Waals surface area contributed by atoms with E-state index in [2.05, 4.69) is 26.1 Å². The fourth-order valence-electron chi connectivity index (χ4n) is 2.45. The summed E-state index contributed by atoms with van der Waals surface area (Å²) in [6.07, 6.45) is 0.500. The molecule has 0 aliphatic carbocycles. The minimum atomic E-state index is -0.594. The SMILES string of the molecule is CCOc1cc2c(cc1C(O)CNC(C)C)OC(C)C2. The van der Waals surface area contributed by atoms with E-state index >= 15 is 0 Å². The normalized spacial score (nSPS) is 18.8. The number of nitrogens with one attached hydrogen (secondary N) is 1. The molecule has 1 aromatic carbocycles. The Bertz CT molecular complexity index is 459. The molecule has 2 unspecified atom stereocenters. The standard InChI is InChI=1S/C16H25NO3/c1-5-19-16-7-12-6-11(4)20-15(12)8-13(16)14(18)9-17-10(2)3/h7-8,10-11,14,17-18H,5-6,9H2,1-4H3. The van der Waals surface area contributed by atoms with Gasteiger partial charge < -0.3 is 19.9 Å². The minimum Gasteiger partial charge on any atom is -0.493 e. The maximum absolute atomic E-state index is 10.4. The molecule has 4 nitrogen and oxygen atoms in total. The number of fused-ring (bicyclic) bond motifs is 1. The third-order valence-corrected chi connectivity index (χ3v) is 3.41. The lowest BCUT2D eigenvalue weighted by molar-refractivity contribution is 0.165. The summed E-state index contributed by atoms with van der Waals surface area (Å²) < 4.78 is 11.5. The number of ether oxygens (including phenoxy) is 2. The molecule has 1 aliphatic rings. The van der Waals surface area contributed by atoms with E-state index in [1.807, 2.05) is 19.1 Å². The summed E-state index contributed by atoms with van der Waals surface area (Å²) in [5.41, 5.74) is 1.96. The lowest BCUT2D eigenvalue weighted by atomic mass is 10.0. The molecule has 0 saturated heterocycles. The summed E-state index contributed by atoms with van der Waals surface area (Å²) in [5.74, 6) is 1.64. The highest BCUT2D eigenvalue weighted by atomic mass is 16.5. The maximum atomic E-state index is 10.4. The molecule has 20 heavy (non-hydrogen) atoms. The number of hydrogen-bond acceptors (Lipinski definition) is 4. The van der Waals surface area contributed by atoms with E-state index < -0.39 is 6.10 Å². The van der Waals surface area contributed by atoms with Gasteiger partial charge in [0.25, 0.3) is 0 Å². The van der Waals surface area contributed by atoms with Crippen molar-refractivity contribution in [2.45, 2.75) is 52.4 Å². The van der Waals surface area contributed by atoms with Crippen LogP contribution in [0.1, 0.15) is 44.9 Å². The summed E-state index contributed by atoms with van der Waals surface area (Å²) >= 11 is 0. The zero-order valence-corrected chi connectivity index (χ0v) is 12.8. The monoisotopic (exact) mass is 279 g/mol. The largest absolute Gasteiger partial charge is 0.493 e. The van der Waals surface area contributed by atoms with Crippen LogP contribution in [-0.2, 0) is 6.42 Å². The van der Waals surface area contributed by atoms with E-state index in [9.17, 15) is 5.11 Å². The summed E-state index contributed by atoms with van der Waals surface area (Å²) in [7, 11) is 0. The van der Waals surface area contributed by atoms with Crippen LogP contribution in [0.4, 0.5) is 0 Å². The Morgan fingerprint density at radius 3 is 2.85 bits per heavy atom. The van der Waals surface area contributed by atoms with E-state index in [0.29, 0.717) is 19.2 Å². The summed E-state index contributed by atoms with van der Waals surface area (Å²) in [6.45, 7) is 9.22. The molecule has 0 amide bonds. The first-order chi connectivity index (χ1) is 9.51. The molecular formula is C16H25NO3. The van der Waals surface area contributed by atoms with Gasteiger partial charge in [0.1, 0.15) is 17.6 Å². The molecule has 0 saturated carbocycles. The Morgan fingerprint density at radius 2 is 2.20 bits per heavy atom. The number of aliphatic hydroxyl groups is 1. The number of benzene rings is 1. The van der Waals surface area contributed by atoms with Crippen LogP contribution in [-0.4, -0.2) is 30.4 Å². The zero-order valence-electron chi connectivity index (χ0n) is 12.8. The van der Waals surface area contributed by atoms with Crippen LogP contribution in [0.25, 0.3) is 0 Å². The average molecular weight is 279 g/mol. The second kappa shape index (κ2) is 6.46. The van der Waals surface area contributed by atoms with Gasteiger partial charge >= 0.3 is 0 Å². The van der Waals surface area contributed by atoms with Gasteiger partial charge in [-0.3, -0.25) is 0 Å². The van der Waals surface area contributed by atoms with Crippen molar-refractivity contribution in [2.24, 2.45) is 0 Å². The van der Waals surface area contributed by atoms with Crippen LogP contribution in [0.5, 0.6) is 11.5 Å². The lowest BCUT2D eigenvalue weighted by Crippen LogP contribution is -2.28. The highest BCUT2D eigenvalue weighted by Crippen LogP contribution is 2.37. The maximum Gasteiger partial charge on any atom is 0.125 e. The molecule has 1 heterocycles. The molecule has 0 aromatic heterocycles. The molecule has 2 N–H and O–H groups in total. The van der Waals surface area contributed by atoms with E-state index in [1.165, 1.54) is 0 Å². The molecule has 0 spiro atoms. The highest BCUT2D eigenvalue weighted by Gasteiger charge is 2.24. The highest BCUT2D eigenvalue weighted by molar-refractivity contribution is 5.49. The first-order valence-corrected chi connectivity index (χ1v) is 7.39. The molecule has 4 heteroatoms. The predicted octanol–water partition coefficient (Wildman–Crippen LogP) is 2.44. The molecule has 112 valence electrons. The van der Waals surface area contributed by atoms with Crippen molar-refractivity contribution in [3.05, 3.63) is 23.3 Å². The van der Waals surface area contributed by atoms with Gasteiger partial charge in [0.2, 0.25) is 0 Å². The van der Waals surface area contributed by atoms with Gasteiger partial charge in [0.15, 0.2) is 0 Å². The molecule has 1 aromatic rings. The van der Waals surface area contributed by atoms with Gasteiger partial charge in [-0.2, -0.15) is 0 Å². The van der Waals surface area contributed by atoms with Crippen molar-refractivity contribution in [1.29, 1.82) is 0 Å². The van der Waals surface area contributed by atoms with Gasteiger partial charge in [-0.25, -0.2) is 0 Å². The molecule has 0 radical (unpaired) electrons. The smallest absolute Gasteiger partial charge is 0.125 e. The van der Waals surface area contributed by atoms with E-state index in [4.69, 9.17) is 9.47 Å². The molecule has 0 fully saturated rings. The quantitative estimate of drug-likeness (QED) is 0.840. The van der Waals surface area contributed by atoms with Crippen molar-refractivity contribution in [1.82, 2.24) is 5.32 Å². The van der Waals surface area contributed by atoms with E-state index in [0.717, 1.165) is 29.0 Å². The van der Waals surface area contributed by atoms with Crippen LogP contribution >= 0.6 is 0 Å². The Balaban J connectivity index is 2.23. The Morgan fingerprint density at radius 1 is 1.45 bits per heavy atom. The van der Waals surface area contributed by atoms with Gasteiger partial charge in [0.05, 0.1) is 12.7 Å². The Hall–Kier alpha value is -1.26. The molecular weight excluding hydrogens is 254 g/mol. The van der Waals surface area contributed by atoms with Crippen LogP contribution < -0.4 is 14.8 Å². The first-order valence-electron chi connectivity index (χ1n) is 7.39. The van der Waals surface area contributed by atoms with Crippen molar-refractivity contribution in [2.75, 3.05) is 13.2 Å². The van der Waals surface area contributed by atoms with E-state index in [-0.39, 0.29) is 6.10 Å². The van der Waals surface area contributed by atoms with Crippen LogP contribution in [0.15, 0.2) is 12.1 Å². The van der Waals surface area contributed by atoms with Gasteiger partial charge in [-0.05, 0) is 26.0 Å². The van der Waals surface area contributed by atoms with Crippen molar-refractivity contribution in [3.8, 4) is 11.5 Å². The van der Waals surface area contributed by atoms with Crippen LogP contribution in [0, 0.1) is 0 Å². The minimum absolute atomic E-state index is 0.195. The molecule has 2 atom stereocenters. The second-order valence-electron chi connectivity index (χ2n) is 5.64. The van der Waals surface area contributed by atoms with E-state index in [1.54, 1.807) is 0 Å². The third-order valence-electron chi connectivity index (χ3n) is 3.41. The summed E-state index contributed by atoms with van der Waals surface area (Å²) in [4.78, 5) is 0. The second-order valence-corrected chi connectivity index (χ2v) is 5.64. The average Bonchev–Trinajstić information content (AvgIpc) is 2.74. The van der Waals surface area contributed by atoms with Gasteiger partial charge in [-0.15, -0.1) is 0 Å².